The van der Waals surface area contributed by atoms with Gasteiger partial charge in [-0.2, -0.15) is 10.1 Å². The first-order valence-electron chi connectivity index (χ1n) is 8.01. The molecule has 0 saturated carbocycles. The Kier molecular flexibility index (Phi) is 4.51. The third-order valence-electron chi connectivity index (χ3n) is 3.73. The van der Waals surface area contributed by atoms with Crippen molar-refractivity contribution in [3.05, 3.63) is 56.7 Å². The van der Waals surface area contributed by atoms with Crippen molar-refractivity contribution >= 4 is 23.3 Å². The second kappa shape index (κ2) is 6.76. The van der Waals surface area contributed by atoms with Crippen LogP contribution in [0.3, 0.4) is 0 Å². The van der Waals surface area contributed by atoms with Gasteiger partial charge in [0, 0.05) is 13.6 Å². The highest BCUT2D eigenvalue weighted by Gasteiger charge is 2.17. The van der Waals surface area contributed by atoms with Crippen molar-refractivity contribution < 1.29 is 0 Å². The number of hydrogen-bond acceptors (Lipinski definition) is 5. The van der Waals surface area contributed by atoms with Gasteiger partial charge in [0.05, 0.1) is 6.21 Å². The van der Waals surface area contributed by atoms with Crippen LogP contribution < -0.4 is 16.7 Å². The van der Waals surface area contributed by atoms with Gasteiger partial charge in [0.25, 0.3) is 5.56 Å². The van der Waals surface area contributed by atoms with Gasteiger partial charge in [-0.25, -0.2) is 10.2 Å². The predicted molar refractivity (Wildman–Crippen MR) is 98.1 cm³/mol. The molecular weight excluding hydrogens is 320 g/mol. The Morgan fingerprint density at radius 3 is 2.68 bits per heavy atom. The van der Waals surface area contributed by atoms with Gasteiger partial charge in [-0.1, -0.05) is 44.2 Å². The molecule has 0 aliphatic rings. The van der Waals surface area contributed by atoms with Crippen molar-refractivity contribution in [2.75, 3.05) is 5.43 Å². The molecule has 0 unspecified atom stereocenters. The van der Waals surface area contributed by atoms with E-state index in [2.05, 4.69) is 20.5 Å². The van der Waals surface area contributed by atoms with Crippen LogP contribution in [0.1, 0.15) is 19.4 Å². The maximum Gasteiger partial charge on any atom is 0.329 e. The SMILES string of the molecule is CC(C)Cn1c(N/N=C/c2ccccc2)nc2c1c(=O)[nH]c(=O)n2C. The molecule has 130 valence electrons. The fourth-order valence-electron chi connectivity index (χ4n) is 2.57. The number of nitrogens with one attached hydrogen (secondary N) is 2. The largest absolute Gasteiger partial charge is 0.329 e. The van der Waals surface area contributed by atoms with Crippen LogP contribution in [0.4, 0.5) is 5.95 Å². The first-order chi connectivity index (χ1) is 12.0. The van der Waals surface area contributed by atoms with E-state index in [1.54, 1.807) is 17.8 Å². The van der Waals surface area contributed by atoms with Gasteiger partial charge in [0.1, 0.15) is 0 Å². The number of nitrogens with zero attached hydrogens (tertiary/aromatic N) is 4. The Morgan fingerprint density at radius 2 is 2.00 bits per heavy atom. The summed E-state index contributed by atoms with van der Waals surface area (Å²) in [5.41, 5.74) is 3.55. The van der Waals surface area contributed by atoms with Gasteiger partial charge in [-0.05, 0) is 11.5 Å². The average molecular weight is 340 g/mol. The quantitative estimate of drug-likeness (QED) is 0.544. The molecular formula is C17H20N6O2. The topological polar surface area (TPSA) is 97.1 Å². The first-order valence-corrected chi connectivity index (χ1v) is 8.01. The number of hydrazone groups is 1. The first kappa shape index (κ1) is 16.7. The molecule has 25 heavy (non-hydrogen) atoms. The molecule has 2 N–H and O–H groups in total. The summed E-state index contributed by atoms with van der Waals surface area (Å²) in [4.78, 5) is 30.8. The number of benzene rings is 1. The van der Waals surface area contributed by atoms with Crippen LogP contribution in [0.2, 0.25) is 0 Å². The van der Waals surface area contributed by atoms with E-state index in [4.69, 9.17) is 0 Å². The van der Waals surface area contributed by atoms with Crippen LogP contribution in [0.5, 0.6) is 0 Å². The summed E-state index contributed by atoms with van der Waals surface area (Å²) in [6, 6.07) is 9.63. The standard InChI is InChI=1S/C17H20N6O2/c1-11(2)10-23-13-14(22(3)17(25)20-15(13)24)19-16(23)21-18-9-12-7-5-4-6-8-12/h4-9,11H,10H2,1-3H3,(H,19,21)(H,20,24,25)/b18-9+. The lowest BCUT2D eigenvalue weighted by Gasteiger charge is -2.10. The van der Waals surface area contributed by atoms with E-state index < -0.39 is 11.2 Å². The second-order valence-corrected chi connectivity index (χ2v) is 6.21. The van der Waals surface area contributed by atoms with E-state index >= 15 is 0 Å². The van der Waals surface area contributed by atoms with Crippen LogP contribution in [-0.4, -0.2) is 25.3 Å². The molecule has 0 atom stereocenters. The van der Waals surface area contributed by atoms with Crippen molar-refractivity contribution in [3.8, 4) is 0 Å². The van der Waals surface area contributed by atoms with Crippen LogP contribution in [-0.2, 0) is 13.6 Å². The van der Waals surface area contributed by atoms with Crippen molar-refractivity contribution in [2.24, 2.45) is 18.1 Å². The van der Waals surface area contributed by atoms with Crippen molar-refractivity contribution in [1.82, 2.24) is 19.1 Å². The Balaban J connectivity index is 2.06. The fourth-order valence-corrected chi connectivity index (χ4v) is 2.57. The molecule has 0 bridgehead atoms. The summed E-state index contributed by atoms with van der Waals surface area (Å²) >= 11 is 0. The maximum atomic E-state index is 12.3. The Morgan fingerprint density at radius 1 is 1.28 bits per heavy atom. The minimum atomic E-state index is -0.494. The van der Waals surface area contributed by atoms with Gasteiger partial charge >= 0.3 is 5.69 Å². The Bertz CT molecular complexity index is 1030. The highest BCUT2D eigenvalue weighted by Crippen LogP contribution is 2.17. The molecule has 3 rings (SSSR count). The van der Waals surface area contributed by atoms with Gasteiger partial charge in [-0.15, -0.1) is 0 Å². The minimum Gasteiger partial charge on any atom is -0.303 e. The Hall–Kier alpha value is -3.16. The number of aryl methyl sites for hydroxylation is 1. The van der Waals surface area contributed by atoms with Crippen molar-refractivity contribution in [3.63, 3.8) is 0 Å². The molecule has 0 saturated heterocycles. The number of anilines is 1. The maximum absolute atomic E-state index is 12.3. The van der Waals surface area contributed by atoms with Crippen LogP contribution in [0.25, 0.3) is 11.2 Å². The van der Waals surface area contributed by atoms with Crippen LogP contribution in [0, 0.1) is 5.92 Å². The molecule has 8 nitrogen and oxygen atoms in total. The second-order valence-electron chi connectivity index (χ2n) is 6.21. The van der Waals surface area contributed by atoms with Crippen molar-refractivity contribution in [2.45, 2.75) is 20.4 Å². The molecule has 2 aromatic heterocycles. The lowest BCUT2D eigenvalue weighted by Crippen LogP contribution is -2.29. The normalized spacial score (nSPS) is 11.7. The zero-order valence-corrected chi connectivity index (χ0v) is 14.4. The number of aromatic amines is 1. The van der Waals surface area contributed by atoms with E-state index in [0.717, 1.165) is 5.56 Å². The third kappa shape index (κ3) is 3.37. The summed E-state index contributed by atoms with van der Waals surface area (Å²) in [5.74, 6) is 0.704. The molecule has 0 aliphatic heterocycles. The smallest absolute Gasteiger partial charge is 0.303 e. The summed E-state index contributed by atoms with van der Waals surface area (Å²) in [5, 5.41) is 4.20. The van der Waals surface area contributed by atoms with Gasteiger partial charge < -0.3 is 4.57 Å². The van der Waals surface area contributed by atoms with Crippen molar-refractivity contribution in [1.29, 1.82) is 0 Å². The van der Waals surface area contributed by atoms with Gasteiger partial charge in [0.15, 0.2) is 11.2 Å². The average Bonchev–Trinajstić information content (AvgIpc) is 2.92. The number of aromatic nitrogens is 4. The van der Waals surface area contributed by atoms with Gasteiger partial charge in [-0.3, -0.25) is 14.3 Å². The number of hydrogen-bond donors (Lipinski definition) is 2. The monoisotopic (exact) mass is 340 g/mol. The molecule has 3 aromatic rings. The van der Waals surface area contributed by atoms with Crippen LogP contribution >= 0.6 is 0 Å². The summed E-state index contributed by atoms with van der Waals surface area (Å²) < 4.78 is 3.07. The number of H-pyrrole nitrogens is 1. The zero-order chi connectivity index (χ0) is 18.0. The summed E-state index contributed by atoms with van der Waals surface area (Å²) in [6.07, 6.45) is 1.67. The summed E-state index contributed by atoms with van der Waals surface area (Å²) in [6.45, 7) is 4.65. The Labute approximate surface area is 143 Å². The molecule has 0 amide bonds. The van der Waals surface area contributed by atoms with Gasteiger partial charge in [0.2, 0.25) is 5.95 Å². The van der Waals surface area contributed by atoms with E-state index in [9.17, 15) is 9.59 Å². The number of imidazole rings is 1. The zero-order valence-electron chi connectivity index (χ0n) is 14.4. The highest BCUT2D eigenvalue weighted by molar-refractivity contribution is 5.80. The molecule has 8 heteroatoms. The third-order valence-corrected chi connectivity index (χ3v) is 3.73. The lowest BCUT2D eigenvalue weighted by molar-refractivity contribution is 0.535. The summed E-state index contributed by atoms with van der Waals surface area (Å²) in [7, 11) is 1.57. The fraction of sp³-hybridized carbons (Fsp3) is 0.294. The van der Waals surface area contributed by atoms with Crippen LogP contribution in [0.15, 0.2) is 45.0 Å². The van der Waals surface area contributed by atoms with E-state index in [0.29, 0.717) is 23.7 Å². The van der Waals surface area contributed by atoms with E-state index in [-0.39, 0.29) is 5.92 Å². The van der Waals surface area contributed by atoms with E-state index in [1.165, 1.54) is 4.57 Å². The number of rotatable bonds is 5. The highest BCUT2D eigenvalue weighted by atomic mass is 16.2. The molecule has 0 fully saturated rings. The molecule has 0 spiro atoms. The number of fused-ring (bicyclic) bond motifs is 1. The van der Waals surface area contributed by atoms with E-state index in [1.807, 2.05) is 44.2 Å². The minimum absolute atomic E-state index is 0.285. The molecule has 0 radical (unpaired) electrons. The molecule has 1 aromatic carbocycles. The predicted octanol–water partition coefficient (Wildman–Crippen LogP) is 1.53. The molecule has 0 aliphatic carbocycles. The molecule has 2 heterocycles. The lowest BCUT2D eigenvalue weighted by atomic mass is 10.2.